The average molecular weight is 387 g/mol. The monoisotopic (exact) mass is 387 g/mol. The van der Waals surface area contributed by atoms with E-state index in [1.165, 1.54) is 6.33 Å². The van der Waals surface area contributed by atoms with Gasteiger partial charge in [0, 0.05) is 23.3 Å². The van der Waals surface area contributed by atoms with Crippen molar-refractivity contribution in [1.82, 2.24) is 29.5 Å². The first-order chi connectivity index (χ1) is 14.1. The summed E-state index contributed by atoms with van der Waals surface area (Å²) in [6.45, 7) is 4.13. The summed E-state index contributed by atoms with van der Waals surface area (Å²) in [5.41, 5.74) is 3.96. The number of pyridine rings is 1. The zero-order valence-electron chi connectivity index (χ0n) is 16.3. The smallest absolute Gasteiger partial charge is 0.256 e. The Kier molecular flexibility index (Phi) is 4.12. The Bertz CT molecular complexity index is 1170. The third kappa shape index (κ3) is 3.26. The summed E-state index contributed by atoms with van der Waals surface area (Å²) in [6.07, 6.45) is 7.10. The number of carbonyl (C=O) groups excluding carboxylic acids is 1. The second-order valence-corrected chi connectivity index (χ2v) is 7.63. The van der Waals surface area contributed by atoms with Crippen LogP contribution in [0.15, 0.2) is 49.2 Å². The zero-order chi connectivity index (χ0) is 20.0. The van der Waals surface area contributed by atoms with Gasteiger partial charge in [-0.05, 0) is 57.0 Å². The molecule has 1 fully saturated rings. The first kappa shape index (κ1) is 17.5. The lowest BCUT2D eigenvalue weighted by Crippen LogP contribution is -2.14. The number of nitrogens with one attached hydrogen (secondary N) is 1. The van der Waals surface area contributed by atoms with E-state index in [2.05, 4.69) is 34.3 Å². The Morgan fingerprint density at radius 3 is 2.62 bits per heavy atom. The number of nitrogens with zero attached hydrogens (tertiary/aromatic N) is 6. The van der Waals surface area contributed by atoms with Gasteiger partial charge in [0.1, 0.15) is 12.7 Å². The normalized spacial score (nSPS) is 13.9. The third-order valence-electron chi connectivity index (χ3n) is 5.12. The van der Waals surface area contributed by atoms with Gasteiger partial charge < -0.3 is 5.32 Å². The van der Waals surface area contributed by atoms with Crippen molar-refractivity contribution in [2.45, 2.75) is 38.6 Å². The molecule has 29 heavy (non-hydrogen) atoms. The minimum atomic E-state index is -0.156. The maximum atomic E-state index is 13.1. The van der Waals surface area contributed by atoms with Crippen molar-refractivity contribution in [2.24, 2.45) is 0 Å². The molecule has 4 aromatic rings. The number of amides is 1. The van der Waals surface area contributed by atoms with E-state index >= 15 is 0 Å². The van der Waals surface area contributed by atoms with E-state index in [1.54, 1.807) is 17.2 Å². The highest BCUT2D eigenvalue weighted by molar-refractivity contribution is 6.12. The first-order valence-electron chi connectivity index (χ1n) is 9.75. The van der Waals surface area contributed by atoms with E-state index in [1.807, 2.05) is 35.0 Å². The SMILES string of the molecule is CC(C)n1ncc2c(C(=O)Nc3ccc(-n4cncn4)cc3)cc(C3CC3)nc21. The van der Waals surface area contributed by atoms with Crippen molar-refractivity contribution in [3.8, 4) is 5.69 Å². The van der Waals surface area contributed by atoms with Gasteiger partial charge in [0.2, 0.25) is 0 Å². The van der Waals surface area contributed by atoms with Gasteiger partial charge in [-0.15, -0.1) is 0 Å². The molecule has 0 atom stereocenters. The largest absolute Gasteiger partial charge is 0.322 e. The third-order valence-corrected chi connectivity index (χ3v) is 5.12. The van der Waals surface area contributed by atoms with Crippen molar-refractivity contribution in [1.29, 1.82) is 0 Å². The summed E-state index contributed by atoms with van der Waals surface area (Å²) in [6, 6.07) is 9.58. The fourth-order valence-electron chi connectivity index (χ4n) is 3.43. The maximum absolute atomic E-state index is 13.1. The predicted octanol–water partition coefficient (Wildman–Crippen LogP) is 3.72. The molecule has 146 valence electrons. The number of rotatable bonds is 5. The second-order valence-electron chi connectivity index (χ2n) is 7.63. The molecule has 0 saturated heterocycles. The molecule has 1 N–H and O–H groups in total. The number of aromatic nitrogens is 6. The molecule has 3 heterocycles. The van der Waals surface area contributed by atoms with Crippen LogP contribution >= 0.6 is 0 Å². The van der Waals surface area contributed by atoms with Crippen molar-refractivity contribution in [2.75, 3.05) is 5.32 Å². The highest BCUT2D eigenvalue weighted by Crippen LogP contribution is 2.40. The van der Waals surface area contributed by atoms with E-state index in [4.69, 9.17) is 4.98 Å². The minimum absolute atomic E-state index is 0.156. The summed E-state index contributed by atoms with van der Waals surface area (Å²) in [7, 11) is 0. The van der Waals surface area contributed by atoms with E-state index < -0.39 is 0 Å². The lowest BCUT2D eigenvalue weighted by atomic mass is 10.1. The molecule has 5 rings (SSSR count). The van der Waals surface area contributed by atoms with Crippen LogP contribution in [0.25, 0.3) is 16.7 Å². The van der Waals surface area contributed by atoms with Gasteiger partial charge in [0.15, 0.2) is 5.65 Å². The predicted molar refractivity (Wildman–Crippen MR) is 109 cm³/mol. The second kappa shape index (κ2) is 6.80. The molecule has 1 aromatic carbocycles. The number of carbonyl (C=O) groups is 1. The number of fused-ring (bicyclic) bond motifs is 1. The highest BCUT2D eigenvalue weighted by atomic mass is 16.1. The highest BCUT2D eigenvalue weighted by Gasteiger charge is 2.28. The Morgan fingerprint density at radius 2 is 1.97 bits per heavy atom. The molecule has 1 aliphatic rings. The summed E-state index contributed by atoms with van der Waals surface area (Å²) in [5.74, 6) is 0.291. The summed E-state index contributed by atoms with van der Waals surface area (Å²) in [5, 5.41) is 12.4. The van der Waals surface area contributed by atoms with Crippen LogP contribution in [-0.2, 0) is 0 Å². The summed E-state index contributed by atoms with van der Waals surface area (Å²) in [4.78, 5) is 21.9. The Balaban J connectivity index is 1.47. The molecule has 3 aromatic heterocycles. The quantitative estimate of drug-likeness (QED) is 0.564. The molecule has 0 radical (unpaired) electrons. The van der Waals surface area contributed by atoms with Crippen LogP contribution in [-0.4, -0.2) is 35.4 Å². The number of anilines is 1. The molecule has 1 amide bonds. The first-order valence-corrected chi connectivity index (χ1v) is 9.75. The number of hydrogen-bond donors (Lipinski definition) is 1. The fourth-order valence-corrected chi connectivity index (χ4v) is 3.43. The number of hydrogen-bond acceptors (Lipinski definition) is 5. The van der Waals surface area contributed by atoms with Gasteiger partial charge in [0.25, 0.3) is 5.91 Å². The van der Waals surface area contributed by atoms with Crippen molar-refractivity contribution >= 4 is 22.6 Å². The standard InChI is InChI=1S/C21H21N7O/c1-13(2)28-20-18(10-23-28)17(9-19(26-20)14-3-4-14)21(29)25-15-5-7-16(8-6-15)27-12-22-11-24-27/h5-14H,3-4H2,1-2H3,(H,25,29). The van der Waals surface area contributed by atoms with Crippen molar-refractivity contribution in [3.63, 3.8) is 0 Å². The average Bonchev–Trinajstić information content (AvgIpc) is 3.25. The summed E-state index contributed by atoms with van der Waals surface area (Å²) >= 11 is 0. The van der Waals surface area contributed by atoms with Gasteiger partial charge in [-0.25, -0.2) is 19.3 Å². The molecule has 0 unspecified atom stereocenters. The molecule has 1 saturated carbocycles. The molecular weight excluding hydrogens is 366 g/mol. The Hall–Kier alpha value is -3.55. The molecule has 8 nitrogen and oxygen atoms in total. The number of benzene rings is 1. The van der Waals surface area contributed by atoms with Crippen LogP contribution in [0.5, 0.6) is 0 Å². The van der Waals surface area contributed by atoms with Gasteiger partial charge in [-0.3, -0.25) is 4.79 Å². The van der Waals surface area contributed by atoms with Gasteiger partial charge in [-0.1, -0.05) is 0 Å². The van der Waals surface area contributed by atoms with Crippen LogP contribution in [0.4, 0.5) is 5.69 Å². The van der Waals surface area contributed by atoms with Crippen LogP contribution in [0.1, 0.15) is 54.7 Å². The van der Waals surface area contributed by atoms with E-state index in [9.17, 15) is 4.79 Å². The van der Waals surface area contributed by atoms with E-state index in [0.29, 0.717) is 17.2 Å². The van der Waals surface area contributed by atoms with Crippen molar-refractivity contribution < 1.29 is 4.79 Å². The molecule has 0 aliphatic heterocycles. The maximum Gasteiger partial charge on any atom is 0.256 e. The molecule has 0 bridgehead atoms. The van der Waals surface area contributed by atoms with E-state index in [0.717, 1.165) is 35.3 Å². The summed E-state index contributed by atoms with van der Waals surface area (Å²) < 4.78 is 3.55. The molecule has 0 spiro atoms. The van der Waals surface area contributed by atoms with Crippen LogP contribution in [0.3, 0.4) is 0 Å². The molecular formula is C21H21N7O. The Morgan fingerprint density at radius 1 is 1.17 bits per heavy atom. The zero-order valence-corrected chi connectivity index (χ0v) is 16.3. The lowest BCUT2D eigenvalue weighted by Gasteiger charge is -2.11. The van der Waals surface area contributed by atoms with Crippen LogP contribution in [0.2, 0.25) is 0 Å². The van der Waals surface area contributed by atoms with Crippen LogP contribution in [0, 0.1) is 0 Å². The lowest BCUT2D eigenvalue weighted by molar-refractivity contribution is 0.102. The van der Waals surface area contributed by atoms with Crippen molar-refractivity contribution in [3.05, 3.63) is 60.4 Å². The Labute approximate surface area is 167 Å². The van der Waals surface area contributed by atoms with Crippen LogP contribution < -0.4 is 5.32 Å². The van der Waals surface area contributed by atoms with Gasteiger partial charge in [0.05, 0.1) is 22.8 Å². The van der Waals surface area contributed by atoms with Gasteiger partial charge in [-0.2, -0.15) is 10.2 Å². The van der Waals surface area contributed by atoms with E-state index in [-0.39, 0.29) is 11.9 Å². The molecule has 1 aliphatic carbocycles. The minimum Gasteiger partial charge on any atom is -0.322 e. The molecule has 8 heteroatoms. The fraction of sp³-hybridized carbons (Fsp3) is 0.286. The van der Waals surface area contributed by atoms with Gasteiger partial charge >= 0.3 is 0 Å². The topological polar surface area (TPSA) is 90.5 Å².